The standard InChI is InChI=1S/2C21H34N4S2/c2*1-21(2)15-25-18(14-27-20(25)24-21)13-26-19(22-16-9-5-3-6-10-16)23-17-11-7-4-8-12-17/h2*14,16-17H,3-13,15H2,1-2H3,(H,22,23). The van der Waals surface area contributed by atoms with Gasteiger partial charge in [0.25, 0.3) is 0 Å². The molecule has 4 aliphatic heterocycles. The molecule has 0 radical (unpaired) electrons. The van der Waals surface area contributed by atoms with E-state index in [0.29, 0.717) is 24.2 Å². The van der Waals surface area contributed by atoms with Crippen LogP contribution in [0.5, 0.6) is 0 Å². The van der Waals surface area contributed by atoms with Crippen LogP contribution in [0.1, 0.15) is 156 Å². The molecule has 8 aliphatic rings. The van der Waals surface area contributed by atoms with Gasteiger partial charge < -0.3 is 20.4 Å². The Balaban J connectivity index is 0.000000167. The van der Waals surface area contributed by atoms with Gasteiger partial charge in [0.05, 0.1) is 23.2 Å². The third kappa shape index (κ3) is 11.9. The van der Waals surface area contributed by atoms with E-state index in [1.54, 1.807) is 23.5 Å². The summed E-state index contributed by atoms with van der Waals surface area (Å²) in [5, 5.41) is 17.0. The molecule has 0 aromatic carbocycles. The minimum absolute atomic E-state index is 0.0475. The Bertz CT molecular complexity index is 1340. The molecule has 0 bridgehead atoms. The maximum Gasteiger partial charge on any atom is 0.168 e. The number of thioether (sulfide) groups is 4. The van der Waals surface area contributed by atoms with Crippen LogP contribution >= 0.6 is 47.0 Å². The first kappa shape index (κ1) is 40.9. The van der Waals surface area contributed by atoms with E-state index in [1.165, 1.54) is 160 Å². The summed E-state index contributed by atoms with van der Waals surface area (Å²) >= 11 is 7.40. The molecular weight excluding hydrogens is 745 g/mol. The first-order chi connectivity index (χ1) is 26.2. The molecule has 300 valence electrons. The number of hydrogen-bond donors (Lipinski definition) is 2. The van der Waals surface area contributed by atoms with E-state index in [4.69, 9.17) is 20.0 Å². The van der Waals surface area contributed by atoms with Crippen molar-refractivity contribution in [1.82, 2.24) is 20.4 Å². The smallest absolute Gasteiger partial charge is 0.168 e. The van der Waals surface area contributed by atoms with Crippen molar-refractivity contribution in [2.45, 2.75) is 191 Å². The number of amidine groups is 4. The fourth-order valence-electron chi connectivity index (χ4n) is 8.95. The van der Waals surface area contributed by atoms with E-state index < -0.39 is 0 Å². The topological polar surface area (TPSA) is 80.0 Å². The molecule has 0 aromatic heterocycles. The van der Waals surface area contributed by atoms with Crippen molar-refractivity contribution in [3.05, 3.63) is 22.2 Å². The average Bonchev–Trinajstić information content (AvgIpc) is 3.89. The molecule has 0 amide bonds. The monoisotopic (exact) mass is 812 g/mol. The lowest BCUT2D eigenvalue weighted by Crippen LogP contribution is -2.36. The van der Waals surface area contributed by atoms with E-state index in [2.05, 4.69) is 58.9 Å². The van der Waals surface area contributed by atoms with Gasteiger partial charge in [-0.05, 0) is 89.9 Å². The third-order valence-electron chi connectivity index (χ3n) is 12.0. The van der Waals surface area contributed by atoms with Crippen LogP contribution in [0.4, 0.5) is 0 Å². The number of nitrogens with zero attached hydrogens (tertiary/aromatic N) is 6. The van der Waals surface area contributed by atoms with Crippen LogP contribution in [0.15, 0.2) is 42.2 Å². The van der Waals surface area contributed by atoms with Gasteiger partial charge >= 0.3 is 0 Å². The highest BCUT2D eigenvalue weighted by Gasteiger charge is 2.37. The fraction of sp³-hybridized carbons (Fsp3) is 0.810. The highest BCUT2D eigenvalue weighted by Crippen LogP contribution is 2.38. The number of rotatable bonds is 8. The predicted molar refractivity (Wildman–Crippen MR) is 241 cm³/mol. The Morgan fingerprint density at radius 2 is 0.944 bits per heavy atom. The fourth-order valence-corrected chi connectivity index (χ4v) is 13.3. The maximum atomic E-state index is 5.19. The maximum absolute atomic E-state index is 5.19. The quantitative estimate of drug-likeness (QED) is 0.185. The zero-order valence-corrected chi connectivity index (χ0v) is 37.0. The largest absolute Gasteiger partial charge is 0.362 e. The Morgan fingerprint density at radius 1 is 0.593 bits per heavy atom. The molecule has 12 heteroatoms. The molecule has 0 atom stereocenters. The van der Waals surface area contributed by atoms with Crippen molar-refractivity contribution in [2.75, 3.05) is 24.6 Å². The molecule has 0 spiro atoms. The highest BCUT2D eigenvalue weighted by atomic mass is 32.2. The molecule has 4 aliphatic carbocycles. The highest BCUT2D eigenvalue weighted by molar-refractivity contribution is 8.17. The third-order valence-corrected chi connectivity index (χ3v) is 15.7. The molecule has 8 nitrogen and oxygen atoms in total. The van der Waals surface area contributed by atoms with Gasteiger partial charge in [0.2, 0.25) is 0 Å². The van der Waals surface area contributed by atoms with Crippen molar-refractivity contribution >= 4 is 67.7 Å². The molecule has 4 heterocycles. The van der Waals surface area contributed by atoms with Crippen LogP contribution in [0.2, 0.25) is 0 Å². The van der Waals surface area contributed by atoms with Gasteiger partial charge in [-0.2, -0.15) is 0 Å². The SMILES string of the molecule is CC1(C)CN2C(CSC(=NC3CCCCC3)NC3CCCCC3)=CSC2=N1.CC1(C)CN2C(CSC(=NC3CCCCC3)NC3CCCCC3)=CSC2=N1. The van der Waals surface area contributed by atoms with Crippen molar-refractivity contribution in [2.24, 2.45) is 20.0 Å². The van der Waals surface area contributed by atoms with Crippen molar-refractivity contribution in [1.29, 1.82) is 0 Å². The molecule has 4 fully saturated rings. The van der Waals surface area contributed by atoms with Gasteiger partial charge in [0, 0.05) is 48.1 Å². The molecule has 54 heavy (non-hydrogen) atoms. The Morgan fingerprint density at radius 3 is 1.31 bits per heavy atom. The molecule has 2 N–H and O–H groups in total. The van der Waals surface area contributed by atoms with Gasteiger partial charge in [-0.15, -0.1) is 0 Å². The second-order valence-electron chi connectivity index (χ2n) is 18.0. The summed E-state index contributed by atoms with van der Waals surface area (Å²) < 4.78 is 0. The molecule has 8 rings (SSSR count). The van der Waals surface area contributed by atoms with Gasteiger partial charge in [-0.1, -0.05) is 124 Å². The summed E-state index contributed by atoms with van der Waals surface area (Å²) in [5.74, 6) is 1.99. The Hall–Kier alpha value is -1.24. The van der Waals surface area contributed by atoms with Crippen molar-refractivity contribution < 1.29 is 0 Å². The van der Waals surface area contributed by atoms with Gasteiger partial charge in [-0.3, -0.25) is 20.0 Å². The van der Waals surface area contributed by atoms with Gasteiger partial charge in [-0.25, -0.2) is 0 Å². The lowest BCUT2D eigenvalue weighted by Gasteiger charge is -2.27. The van der Waals surface area contributed by atoms with Crippen LogP contribution in [0.3, 0.4) is 0 Å². The van der Waals surface area contributed by atoms with Gasteiger partial charge in [0.1, 0.15) is 0 Å². The molecular formula is C42H68N8S4. The summed E-state index contributed by atoms with van der Waals surface area (Å²) in [6.45, 7) is 10.9. The summed E-state index contributed by atoms with van der Waals surface area (Å²) in [6.07, 6.45) is 26.7. The predicted octanol–water partition coefficient (Wildman–Crippen LogP) is 10.7. The summed E-state index contributed by atoms with van der Waals surface area (Å²) in [4.78, 5) is 24.9. The normalized spacial score (nSPS) is 26.7. The van der Waals surface area contributed by atoms with E-state index in [1.807, 2.05) is 23.5 Å². The Kier molecular flexibility index (Phi) is 14.8. The van der Waals surface area contributed by atoms with Crippen LogP contribution in [0.25, 0.3) is 0 Å². The summed E-state index contributed by atoms with van der Waals surface area (Å²) in [7, 11) is 0. The minimum Gasteiger partial charge on any atom is -0.362 e. The van der Waals surface area contributed by atoms with Crippen molar-refractivity contribution in [3.63, 3.8) is 0 Å². The number of hydrogen-bond acceptors (Lipinski definition) is 10. The number of fused-ring (bicyclic) bond motifs is 2. The van der Waals surface area contributed by atoms with E-state index in [-0.39, 0.29) is 11.1 Å². The van der Waals surface area contributed by atoms with E-state index in [9.17, 15) is 0 Å². The zero-order valence-electron chi connectivity index (χ0n) is 33.8. The summed E-state index contributed by atoms with van der Waals surface area (Å²) in [6, 6.07) is 2.32. The molecule has 4 saturated carbocycles. The lowest BCUT2D eigenvalue weighted by atomic mass is 9.95. The molecule has 0 aromatic rings. The van der Waals surface area contributed by atoms with E-state index >= 15 is 0 Å². The first-order valence-electron chi connectivity index (χ1n) is 21.6. The van der Waals surface area contributed by atoms with Crippen molar-refractivity contribution in [3.8, 4) is 0 Å². The molecule has 0 unspecified atom stereocenters. The zero-order chi connectivity index (χ0) is 37.4. The van der Waals surface area contributed by atoms with Crippen LogP contribution in [-0.4, -0.2) is 90.3 Å². The van der Waals surface area contributed by atoms with Crippen LogP contribution < -0.4 is 10.6 Å². The van der Waals surface area contributed by atoms with Gasteiger partial charge in [0.15, 0.2) is 20.7 Å². The molecule has 0 saturated heterocycles. The summed E-state index contributed by atoms with van der Waals surface area (Å²) in [5.41, 5.74) is 2.89. The van der Waals surface area contributed by atoms with Crippen LogP contribution in [0, 0.1) is 0 Å². The second-order valence-corrected chi connectivity index (χ2v) is 21.6. The van der Waals surface area contributed by atoms with E-state index in [0.717, 1.165) is 24.6 Å². The lowest BCUT2D eigenvalue weighted by molar-refractivity contribution is 0.410. The average molecular weight is 813 g/mol. The number of aliphatic imine (C=N–C) groups is 4. The second kappa shape index (κ2) is 19.5. The van der Waals surface area contributed by atoms with Crippen LogP contribution in [-0.2, 0) is 0 Å². The number of nitrogens with one attached hydrogen (secondary N) is 2. The Labute approximate surface area is 344 Å². The first-order valence-corrected chi connectivity index (χ1v) is 25.3. The minimum atomic E-state index is 0.0475.